The number of nitrogens with one attached hydrogen (secondary N) is 1. The summed E-state index contributed by atoms with van der Waals surface area (Å²) in [6, 6.07) is 19.0. The van der Waals surface area contributed by atoms with Gasteiger partial charge in [0.15, 0.2) is 11.5 Å². The number of para-hydroxylation sites is 2. The van der Waals surface area contributed by atoms with Crippen LogP contribution in [0, 0.1) is 0 Å². The van der Waals surface area contributed by atoms with Crippen LogP contribution in [0.5, 0.6) is 11.5 Å². The Morgan fingerprint density at radius 2 is 1.29 bits per heavy atom. The number of halogens is 1. The molecule has 8 heteroatoms. The van der Waals surface area contributed by atoms with Crippen LogP contribution in [0.2, 0.25) is 0 Å². The molecule has 164 valence electrons. The molecule has 2 aromatic heterocycles. The summed E-state index contributed by atoms with van der Waals surface area (Å²) in [7, 11) is 0. The fourth-order valence-electron chi connectivity index (χ4n) is 5.10. The van der Waals surface area contributed by atoms with E-state index in [1.165, 1.54) is 0 Å². The van der Waals surface area contributed by atoms with E-state index in [1.807, 2.05) is 0 Å². The molecule has 1 amide bonds. The van der Waals surface area contributed by atoms with Gasteiger partial charge in [0.25, 0.3) is 0 Å². The minimum Gasteiger partial charge on any atom is -0.455 e. The van der Waals surface area contributed by atoms with Gasteiger partial charge in [0.05, 0.1) is 10.8 Å². The average molecular weight is 514 g/mol. The summed E-state index contributed by atoms with van der Waals surface area (Å²) in [6.07, 6.45) is 0. The lowest BCUT2D eigenvalue weighted by Gasteiger charge is -2.34. The Morgan fingerprint density at radius 3 is 1.88 bits per heavy atom. The molecule has 0 saturated carbocycles. The first-order valence-corrected chi connectivity index (χ1v) is 11.2. The molecule has 0 fully saturated rings. The number of fused-ring (bicyclic) bond motifs is 10. The molecule has 34 heavy (non-hydrogen) atoms. The van der Waals surface area contributed by atoms with Crippen LogP contribution in [0.4, 0.5) is 5.69 Å². The molecular formula is C26H12BrNO6. The topological polar surface area (TPSA) is 98.8 Å². The second-order valence-electron chi connectivity index (χ2n) is 8.18. The van der Waals surface area contributed by atoms with Gasteiger partial charge in [0.1, 0.15) is 27.7 Å². The molecule has 0 radical (unpaired) electrons. The van der Waals surface area contributed by atoms with E-state index >= 15 is 0 Å². The Bertz CT molecular complexity index is 1750. The van der Waals surface area contributed by atoms with Crippen molar-refractivity contribution in [1.82, 2.24) is 0 Å². The lowest BCUT2D eigenvalue weighted by molar-refractivity contribution is -0.118. The molecular weight excluding hydrogens is 502 g/mol. The molecule has 2 aliphatic heterocycles. The summed E-state index contributed by atoms with van der Waals surface area (Å²) >= 11 is 3.46. The number of hydrogen-bond acceptors (Lipinski definition) is 6. The van der Waals surface area contributed by atoms with Crippen LogP contribution in [-0.4, -0.2) is 5.91 Å². The standard InChI is InChI=1S/C26H12BrNO6/c27-12-9-10-16-15(11-12)26(25(31)28-16)19-21(13-5-1-3-7-17(13)32-23(19)29)34-22-14-6-2-4-8-18(14)33-24(30)20(22)26/h1-11H,(H,28,31). The molecule has 0 atom stereocenters. The van der Waals surface area contributed by atoms with E-state index in [0.717, 1.165) is 0 Å². The van der Waals surface area contributed by atoms with Crippen LogP contribution in [0.15, 0.2) is 89.6 Å². The second-order valence-corrected chi connectivity index (χ2v) is 9.09. The van der Waals surface area contributed by atoms with Gasteiger partial charge in [0, 0.05) is 15.7 Å². The molecule has 0 aliphatic carbocycles. The maximum atomic E-state index is 13.9. The maximum Gasteiger partial charge on any atom is 0.345 e. The molecule has 4 heterocycles. The maximum absolute atomic E-state index is 13.9. The zero-order valence-electron chi connectivity index (χ0n) is 17.2. The van der Waals surface area contributed by atoms with E-state index in [-0.39, 0.29) is 22.6 Å². The molecule has 3 aromatic carbocycles. The smallest absolute Gasteiger partial charge is 0.345 e. The molecule has 0 bridgehead atoms. The monoisotopic (exact) mass is 513 g/mol. The summed E-state index contributed by atoms with van der Waals surface area (Å²) in [5, 5.41) is 3.86. The van der Waals surface area contributed by atoms with E-state index in [0.29, 0.717) is 37.7 Å². The summed E-state index contributed by atoms with van der Waals surface area (Å²) in [5.74, 6) is -0.201. The lowest BCUT2D eigenvalue weighted by atomic mass is 9.69. The highest BCUT2D eigenvalue weighted by atomic mass is 79.9. The predicted octanol–water partition coefficient (Wildman–Crippen LogP) is 5.05. The molecule has 0 saturated heterocycles. The first-order valence-electron chi connectivity index (χ1n) is 10.4. The van der Waals surface area contributed by atoms with Crippen molar-refractivity contribution >= 4 is 49.5 Å². The zero-order chi connectivity index (χ0) is 23.2. The lowest BCUT2D eigenvalue weighted by Crippen LogP contribution is -2.46. The van der Waals surface area contributed by atoms with Gasteiger partial charge in [-0.2, -0.15) is 0 Å². The fourth-order valence-corrected chi connectivity index (χ4v) is 5.46. The molecule has 1 N–H and O–H groups in total. The number of ether oxygens (including phenoxy) is 1. The highest BCUT2D eigenvalue weighted by molar-refractivity contribution is 9.10. The van der Waals surface area contributed by atoms with Crippen molar-refractivity contribution in [3.05, 3.63) is 109 Å². The van der Waals surface area contributed by atoms with E-state index in [9.17, 15) is 14.4 Å². The predicted molar refractivity (Wildman–Crippen MR) is 128 cm³/mol. The number of carbonyl (C=O) groups is 1. The van der Waals surface area contributed by atoms with Crippen LogP contribution in [0.1, 0.15) is 16.7 Å². The van der Waals surface area contributed by atoms with Crippen LogP contribution < -0.4 is 21.3 Å². The van der Waals surface area contributed by atoms with Gasteiger partial charge < -0.3 is 18.9 Å². The van der Waals surface area contributed by atoms with Crippen LogP contribution >= 0.6 is 15.9 Å². The van der Waals surface area contributed by atoms with Crippen LogP contribution in [0.25, 0.3) is 21.9 Å². The fraction of sp³-hybridized carbons (Fsp3) is 0.0385. The Morgan fingerprint density at radius 1 is 0.735 bits per heavy atom. The quantitative estimate of drug-likeness (QED) is 0.291. The van der Waals surface area contributed by atoms with Crippen molar-refractivity contribution in [2.24, 2.45) is 0 Å². The molecule has 0 unspecified atom stereocenters. The van der Waals surface area contributed by atoms with Crippen molar-refractivity contribution in [2.45, 2.75) is 5.41 Å². The Labute approximate surface area is 198 Å². The van der Waals surface area contributed by atoms with Gasteiger partial charge in [0.2, 0.25) is 5.91 Å². The molecule has 7 nitrogen and oxygen atoms in total. The molecule has 1 spiro atoms. The Kier molecular flexibility index (Phi) is 3.66. The number of anilines is 1. The van der Waals surface area contributed by atoms with Crippen molar-refractivity contribution < 1.29 is 18.4 Å². The van der Waals surface area contributed by atoms with Crippen molar-refractivity contribution in [3.63, 3.8) is 0 Å². The van der Waals surface area contributed by atoms with E-state index in [2.05, 4.69) is 21.2 Å². The first kappa shape index (κ1) is 19.3. The molecule has 2 aliphatic rings. The first-order chi connectivity index (χ1) is 16.5. The van der Waals surface area contributed by atoms with Crippen molar-refractivity contribution in [2.75, 3.05) is 5.32 Å². The second kappa shape index (κ2) is 6.45. The van der Waals surface area contributed by atoms with Gasteiger partial charge in [-0.05, 0) is 42.5 Å². The largest absolute Gasteiger partial charge is 0.455 e. The highest BCUT2D eigenvalue weighted by Gasteiger charge is 2.59. The SMILES string of the molecule is O=C1Nc2ccc(Br)cc2C12c1c(c3ccccc3oc1=O)Oc1c2c(=O)oc2ccccc12. The number of benzene rings is 3. The molecule has 7 rings (SSSR count). The Hall–Kier alpha value is -4.17. The van der Waals surface area contributed by atoms with Crippen molar-refractivity contribution in [3.8, 4) is 11.5 Å². The van der Waals surface area contributed by atoms with Crippen molar-refractivity contribution in [1.29, 1.82) is 0 Å². The van der Waals surface area contributed by atoms with E-state index in [1.54, 1.807) is 66.7 Å². The minimum atomic E-state index is -1.82. The van der Waals surface area contributed by atoms with Gasteiger partial charge >= 0.3 is 11.3 Å². The minimum absolute atomic E-state index is 0.0596. The third-order valence-electron chi connectivity index (χ3n) is 6.46. The summed E-state index contributed by atoms with van der Waals surface area (Å²) in [6.45, 7) is 0. The van der Waals surface area contributed by atoms with Gasteiger partial charge in [-0.3, -0.25) is 4.79 Å². The Balaban J connectivity index is 1.77. The summed E-state index contributed by atoms with van der Waals surface area (Å²) < 4.78 is 18.3. The third-order valence-corrected chi connectivity index (χ3v) is 6.95. The number of carbonyl (C=O) groups excluding carboxylic acids is 1. The number of amides is 1. The average Bonchev–Trinajstić information content (AvgIpc) is 3.10. The third kappa shape index (κ3) is 2.23. The number of rotatable bonds is 0. The van der Waals surface area contributed by atoms with Crippen LogP contribution in [-0.2, 0) is 10.2 Å². The van der Waals surface area contributed by atoms with E-state index in [4.69, 9.17) is 13.6 Å². The van der Waals surface area contributed by atoms with Gasteiger partial charge in [-0.1, -0.05) is 40.2 Å². The van der Waals surface area contributed by atoms with Crippen LogP contribution in [0.3, 0.4) is 0 Å². The normalized spacial score (nSPS) is 15.0. The summed E-state index contributed by atoms with van der Waals surface area (Å²) in [4.78, 5) is 40.9. The number of hydrogen-bond donors (Lipinski definition) is 1. The van der Waals surface area contributed by atoms with E-state index < -0.39 is 22.6 Å². The zero-order valence-corrected chi connectivity index (χ0v) is 18.8. The highest BCUT2D eigenvalue weighted by Crippen LogP contribution is 2.57. The van der Waals surface area contributed by atoms with Gasteiger partial charge in [-0.15, -0.1) is 0 Å². The molecule has 5 aromatic rings. The van der Waals surface area contributed by atoms with Gasteiger partial charge in [-0.25, -0.2) is 9.59 Å². The summed E-state index contributed by atoms with van der Waals surface area (Å²) in [5.41, 5.74) is -1.95.